The third kappa shape index (κ3) is 4.23. The first-order chi connectivity index (χ1) is 11.0. The van der Waals surface area contributed by atoms with Gasteiger partial charge >= 0.3 is 0 Å². The maximum Gasteiger partial charge on any atom is 0.271 e. The van der Waals surface area contributed by atoms with E-state index in [0.717, 1.165) is 12.0 Å². The van der Waals surface area contributed by atoms with Crippen molar-refractivity contribution in [1.29, 1.82) is 0 Å². The Balaban J connectivity index is 2.05. The Hall–Kier alpha value is -3.02. The summed E-state index contributed by atoms with van der Waals surface area (Å²) in [6.45, 7) is 3.89. The topological polar surface area (TPSA) is 84.6 Å². The van der Waals surface area contributed by atoms with E-state index in [0.29, 0.717) is 11.3 Å². The van der Waals surface area contributed by atoms with Gasteiger partial charge in [0, 0.05) is 17.7 Å². The van der Waals surface area contributed by atoms with Crippen molar-refractivity contribution in [3.05, 3.63) is 75.3 Å². The summed E-state index contributed by atoms with van der Waals surface area (Å²) in [7, 11) is 0. The van der Waals surface area contributed by atoms with Crippen LogP contribution in [0.4, 0.5) is 5.69 Å². The minimum atomic E-state index is -0.510. The largest absolute Gasteiger partial charge is 0.271 e. The average Bonchev–Trinajstić information content (AvgIpc) is 2.59. The Morgan fingerprint density at radius 2 is 1.65 bits per heavy atom. The number of nitrogens with one attached hydrogen (secondary N) is 1. The van der Waals surface area contributed by atoms with Crippen molar-refractivity contribution in [2.75, 3.05) is 0 Å². The van der Waals surface area contributed by atoms with Crippen LogP contribution < -0.4 is 5.43 Å². The molecule has 1 N–H and O–H groups in total. The van der Waals surface area contributed by atoms with Crippen LogP contribution in [0.1, 0.15) is 35.3 Å². The van der Waals surface area contributed by atoms with Crippen molar-refractivity contribution in [3.8, 4) is 0 Å². The number of nitro benzene ring substituents is 1. The van der Waals surface area contributed by atoms with E-state index in [9.17, 15) is 14.9 Å². The molecule has 0 spiro atoms. The van der Waals surface area contributed by atoms with Crippen molar-refractivity contribution in [2.24, 2.45) is 5.10 Å². The molecular weight excluding hydrogens is 294 g/mol. The second kappa shape index (κ2) is 7.31. The summed E-state index contributed by atoms with van der Waals surface area (Å²) in [5.41, 5.74) is 5.55. The normalized spacial score (nSPS) is 11.1. The number of carbonyl (C=O) groups excluding carboxylic acids is 1. The van der Waals surface area contributed by atoms with E-state index >= 15 is 0 Å². The molecule has 0 saturated carbocycles. The molecule has 23 heavy (non-hydrogen) atoms. The number of hydrogen-bond donors (Lipinski definition) is 1. The molecule has 0 bridgehead atoms. The second-order valence-corrected chi connectivity index (χ2v) is 4.99. The summed E-state index contributed by atoms with van der Waals surface area (Å²) >= 11 is 0. The van der Waals surface area contributed by atoms with Crippen molar-refractivity contribution >= 4 is 17.3 Å². The highest BCUT2D eigenvalue weighted by Crippen LogP contribution is 2.12. The van der Waals surface area contributed by atoms with Crippen LogP contribution in [0.3, 0.4) is 0 Å². The van der Waals surface area contributed by atoms with Crippen molar-refractivity contribution in [1.82, 2.24) is 5.43 Å². The zero-order valence-corrected chi connectivity index (χ0v) is 12.9. The molecule has 2 aromatic rings. The van der Waals surface area contributed by atoms with E-state index in [4.69, 9.17) is 0 Å². The average molecular weight is 311 g/mol. The number of carbonyl (C=O) groups is 1. The molecule has 0 saturated heterocycles. The Labute approximate surface area is 134 Å². The monoisotopic (exact) mass is 311 g/mol. The van der Waals surface area contributed by atoms with Gasteiger partial charge < -0.3 is 0 Å². The highest BCUT2D eigenvalue weighted by atomic mass is 16.6. The van der Waals surface area contributed by atoms with Gasteiger partial charge in [0.25, 0.3) is 11.6 Å². The van der Waals surface area contributed by atoms with Crippen LogP contribution in [0.5, 0.6) is 0 Å². The summed E-state index contributed by atoms with van der Waals surface area (Å²) in [4.78, 5) is 22.0. The SMILES string of the molecule is CCc1ccc(/C(C)=N\NC(=O)c2ccc([N+](=O)[O-])cc2)cc1. The summed E-state index contributed by atoms with van der Waals surface area (Å²) in [5, 5.41) is 14.6. The number of non-ortho nitro benzene ring substituents is 1. The molecule has 0 atom stereocenters. The van der Waals surface area contributed by atoms with Crippen LogP contribution in [0.25, 0.3) is 0 Å². The van der Waals surface area contributed by atoms with Crippen LogP contribution in [-0.2, 0) is 6.42 Å². The fourth-order valence-corrected chi connectivity index (χ4v) is 1.98. The number of amides is 1. The second-order valence-electron chi connectivity index (χ2n) is 4.99. The molecule has 0 aliphatic carbocycles. The minimum Gasteiger partial charge on any atom is -0.267 e. The standard InChI is InChI=1S/C17H17N3O3/c1-3-13-4-6-14(7-5-13)12(2)18-19-17(21)15-8-10-16(11-9-15)20(22)23/h4-11H,3H2,1-2H3,(H,19,21)/b18-12-. The van der Waals surface area contributed by atoms with Crippen LogP contribution >= 0.6 is 0 Å². The van der Waals surface area contributed by atoms with Gasteiger partial charge in [0.1, 0.15) is 0 Å². The highest BCUT2D eigenvalue weighted by molar-refractivity contribution is 6.00. The first kappa shape index (κ1) is 16.4. The molecule has 0 unspecified atom stereocenters. The van der Waals surface area contributed by atoms with Gasteiger partial charge in [0.05, 0.1) is 10.6 Å². The van der Waals surface area contributed by atoms with Crippen LogP contribution in [0.15, 0.2) is 53.6 Å². The van der Waals surface area contributed by atoms with E-state index < -0.39 is 10.8 Å². The first-order valence-electron chi connectivity index (χ1n) is 7.19. The number of nitrogens with zero attached hydrogens (tertiary/aromatic N) is 2. The van der Waals surface area contributed by atoms with Gasteiger partial charge in [-0.3, -0.25) is 14.9 Å². The molecule has 2 rings (SSSR count). The Morgan fingerprint density at radius 3 is 2.17 bits per heavy atom. The van der Waals surface area contributed by atoms with Crippen molar-refractivity contribution < 1.29 is 9.72 Å². The lowest BCUT2D eigenvalue weighted by molar-refractivity contribution is -0.384. The molecule has 0 aliphatic rings. The summed E-state index contributed by atoms with van der Waals surface area (Å²) < 4.78 is 0. The summed E-state index contributed by atoms with van der Waals surface area (Å²) in [6.07, 6.45) is 0.966. The molecule has 2 aromatic carbocycles. The van der Waals surface area contributed by atoms with Gasteiger partial charge in [0.15, 0.2) is 0 Å². The predicted molar refractivity (Wildman–Crippen MR) is 88.6 cm³/mol. The number of hydrazone groups is 1. The van der Waals surface area contributed by atoms with Gasteiger partial charge in [-0.1, -0.05) is 31.2 Å². The number of hydrogen-bond acceptors (Lipinski definition) is 4. The lowest BCUT2D eigenvalue weighted by Crippen LogP contribution is -2.19. The first-order valence-corrected chi connectivity index (χ1v) is 7.19. The van der Waals surface area contributed by atoms with Gasteiger partial charge in [-0.05, 0) is 36.6 Å². The number of rotatable bonds is 5. The molecule has 0 aliphatic heterocycles. The van der Waals surface area contributed by atoms with Crippen LogP contribution in [0.2, 0.25) is 0 Å². The third-order valence-corrected chi connectivity index (χ3v) is 3.45. The molecule has 1 amide bonds. The Bertz CT molecular complexity index is 735. The van der Waals surface area contributed by atoms with E-state index in [1.807, 2.05) is 24.3 Å². The van der Waals surface area contributed by atoms with E-state index in [1.165, 1.54) is 29.8 Å². The third-order valence-electron chi connectivity index (χ3n) is 3.45. The van der Waals surface area contributed by atoms with Crippen LogP contribution in [-0.4, -0.2) is 16.5 Å². The minimum absolute atomic E-state index is 0.0581. The number of nitro groups is 1. The van der Waals surface area contributed by atoms with Gasteiger partial charge in [-0.25, -0.2) is 5.43 Å². The molecule has 0 fully saturated rings. The molecule has 118 valence electrons. The zero-order valence-electron chi connectivity index (χ0n) is 12.9. The van der Waals surface area contributed by atoms with Crippen molar-refractivity contribution in [3.63, 3.8) is 0 Å². The lowest BCUT2D eigenvalue weighted by Gasteiger charge is -2.04. The highest BCUT2D eigenvalue weighted by Gasteiger charge is 2.09. The van der Waals surface area contributed by atoms with E-state index in [1.54, 1.807) is 6.92 Å². The fraction of sp³-hybridized carbons (Fsp3) is 0.176. The molecule has 6 heteroatoms. The van der Waals surface area contributed by atoms with Gasteiger partial charge in [0.2, 0.25) is 0 Å². The quantitative estimate of drug-likeness (QED) is 0.522. The van der Waals surface area contributed by atoms with Gasteiger partial charge in [-0.2, -0.15) is 5.10 Å². The number of benzene rings is 2. The summed E-state index contributed by atoms with van der Waals surface area (Å²) in [6, 6.07) is 13.3. The number of aryl methyl sites for hydroxylation is 1. The fourth-order valence-electron chi connectivity index (χ4n) is 1.98. The molecule has 6 nitrogen and oxygen atoms in total. The smallest absolute Gasteiger partial charge is 0.267 e. The molecule has 0 radical (unpaired) electrons. The van der Waals surface area contributed by atoms with E-state index in [-0.39, 0.29) is 5.69 Å². The molecular formula is C17H17N3O3. The zero-order chi connectivity index (χ0) is 16.8. The maximum absolute atomic E-state index is 12.0. The maximum atomic E-state index is 12.0. The Morgan fingerprint density at radius 1 is 1.09 bits per heavy atom. The van der Waals surface area contributed by atoms with E-state index in [2.05, 4.69) is 17.5 Å². The Kier molecular flexibility index (Phi) is 5.19. The predicted octanol–water partition coefficient (Wildman–Crippen LogP) is 3.31. The van der Waals surface area contributed by atoms with Crippen molar-refractivity contribution in [2.45, 2.75) is 20.3 Å². The van der Waals surface area contributed by atoms with Crippen LogP contribution in [0, 0.1) is 10.1 Å². The molecule has 0 aromatic heterocycles. The summed E-state index contributed by atoms with van der Waals surface area (Å²) in [5.74, 6) is -0.413. The van der Waals surface area contributed by atoms with Gasteiger partial charge in [-0.15, -0.1) is 0 Å². The molecule has 0 heterocycles. The lowest BCUT2D eigenvalue weighted by atomic mass is 10.1.